The predicted molar refractivity (Wildman–Crippen MR) is 85.9 cm³/mol. The molecule has 0 fully saturated rings. The van der Waals surface area contributed by atoms with Crippen molar-refractivity contribution >= 4 is 22.9 Å². The van der Waals surface area contributed by atoms with E-state index in [-0.39, 0.29) is 6.04 Å². The van der Waals surface area contributed by atoms with Crippen LogP contribution in [0.25, 0.3) is 0 Å². The highest BCUT2D eigenvalue weighted by Crippen LogP contribution is 2.24. The fourth-order valence-corrected chi connectivity index (χ4v) is 2.46. The van der Waals surface area contributed by atoms with Crippen LogP contribution in [0.3, 0.4) is 0 Å². The zero-order chi connectivity index (χ0) is 14.7. The molecule has 2 rings (SSSR count). The summed E-state index contributed by atoms with van der Waals surface area (Å²) in [4.78, 5) is 8.91. The van der Waals surface area contributed by atoms with E-state index in [1.54, 1.807) is 6.20 Å². The molecule has 0 radical (unpaired) electrons. The molecule has 4 nitrogen and oxygen atoms in total. The van der Waals surface area contributed by atoms with Crippen molar-refractivity contribution in [3.05, 3.63) is 53.1 Å². The third kappa shape index (κ3) is 3.11. The van der Waals surface area contributed by atoms with Gasteiger partial charge < -0.3 is 11.1 Å². The summed E-state index contributed by atoms with van der Waals surface area (Å²) in [5, 5.41) is 3.44. The summed E-state index contributed by atoms with van der Waals surface area (Å²) in [5.41, 5.74) is 10.4. The van der Waals surface area contributed by atoms with Crippen molar-refractivity contribution in [2.24, 2.45) is 5.73 Å². The Morgan fingerprint density at radius 3 is 2.75 bits per heavy atom. The number of nitrogens with zero attached hydrogens (tertiary/aromatic N) is 2. The molecule has 0 aliphatic carbocycles. The van der Waals surface area contributed by atoms with E-state index < -0.39 is 0 Å². The second-order valence-electron chi connectivity index (χ2n) is 4.79. The Hall–Kier alpha value is -2.01. The maximum absolute atomic E-state index is 5.82. The molecule has 1 unspecified atom stereocenters. The molecule has 0 aliphatic heterocycles. The second kappa shape index (κ2) is 5.96. The van der Waals surface area contributed by atoms with Crippen LogP contribution in [-0.2, 0) is 0 Å². The van der Waals surface area contributed by atoms with Crippen LogP contribution in [0.4, 0.5) is 5.69 Å². The molecule has 0 saturated heterocycles. The molecule has 3 N–H and O–H groups in total. The van der Waals surface area contributed by atoms with Gasteiger partial charge in [-0.3, -0.25) is 9.97 Å². The number of rotatable bonds is 4. The summed E-state index contributed by atoms with van der Waals surface area (Å²) in [6.45, 7) is 5.95. The van der Waals surface area contributed by atoms with Gasteiger partial charge in [0.2, 0.25) is 0 Å². The van der Waals surface area contributed by atoms with E-state index in [2.05, 4.69) is 22.2 Å². The van der Waals surface area contributed by atoms with Crippen molar-refractivity contribution < 1.29 is 0 Å². The summed E-state index contributed by atoms with van der Waals surface area (Å²) in [5.74, 6) is 0. The number of aromatic nitrogens is 2. The molecule has 0 amide bonds. The number of hydrogen-bond donors (Lipinski definition) is 2. The van der Waals surface area contributed by atoms with Crippen LogP contribution in [-0.4, -0.2) is 15.0 Å². The second-order valence-corrected chi connectivity index (χ2v) is 5.23. The highest BCUT2D eigenvalue weighted by Gasteiger charge is 2.14. The zero-order valence-electron chi connectivity index (χ0n) is 11.8. The van der Waals surface area contributed by atoms with Crippen LogP contribution in [0, 0.1) is 13.8 Å². The summed E-state index contributed by atoms with van der Waals surface area (Å²) in [6, 6.07) is 6.03. The Kier molecular flexibility index (Phi) is 4.29. The van der Waals surface area contributed by atoms with Crippen molar-refractivity contribution in [2.45, 2.75) is 26.8 Å². The molecule has 2 heterocycles. The lowest BCUT2D eigenvalue weighted by Gasteiger charge is -2.19. The Bertz CT molecular complexity index is 625. The maximum atomic E-state index is 5.82. The highest BCUT2D eigenvalue weighted by atomic mass is 32.1. The zero-order valence-corrected chi connectivity index (χ0v) is 12.7. The minimum Gasteiger partial charge on any atom is -0.389 e. The lowest BCUT2D eigenvalue weighted by atomic mass is 10.1. The van der Waals surface area contributed by atoms with Crippen LogP contribution in [0.1, 0.15) is 35.5 Å². The van der Waals surface area contributed by atoms with Crippen LogP contribution in [0.15, 0.2) is 30.6 Å². The third-order valence-corrected chi connectivity index (χ3v) is 3.34. The number of aryl methyl sites for hydroxylation is 2. The Morgan fingerprint density at radius 2 is 2.15 bits per heavy atom. The summed E-state index contributed by atoms with van der Waals surface area (Å²) in [6.07, 6.45) is 3.61. The van der Waals surface area contributed by atoms with E-state index in [4.69, 9.17) is 18.0 Å². The first-order chi connectivity index (χ1) is 9.49. The van der Waals surface area contributed by atoms with Gasteiger partial charge in [-0.2, -0.15) is 0 Å². The van der Waals surface area contributed by atoms with Gasteiger partial charge in [-0.1, -0.05) is 18.3 Å². The molecule has 0 spiro atoms. The van der Waals surface area contributed by atoms with E-state index in [1.807, 2.05) is 38.2 Å². The van der Waals surface area contributed by atoms with Crippen molar-refractivity contribution in [1.82, 2.24) is 9.97 Å². The normalized spacial score (nSPS) is 11.9. The van der Waals surface area contributed by atoms with Crippen LogP contribution in [0.2, 0.25) is 0 Å². The molecule has 20 heavy (non-hydrogen) atoms. The molecule has 0 aromatic carbocycles. The lowest BCUT2D eigenvalue weighted by Crippen LogP contribution is -2.18. The fraction of sp³-hybridized carbons (Fsp3) is 0.267. The number of hydrogen-bond acceptors (Lipinski definition) is 4. The van der Waals surface area contributed by atoms with Gasteiger partial charge in [-0.05, 0) is 38.5 Å². The maximum Gasteiger partial charge on any atom is 0.107 e. The van der Waals surface area contributed by atoms with Crippen LogP contribution < -0.4 is 11.1 Å². The first-order valence-corrected chi connectivity index (χ1v) is 6.84. The Labute approximate surface area is 124 Å². The smallest absolute Gasteiger partial charge is 0.107 e. The van der Waals surface area contributed by atoms with Gasteiger partial charge >= 0.3 is 0 Å². The van der Waals surface area contributed by atoms with Crippen molar-refractivity contribution in [3.63, 3.8) is 0 Å². The molecule has 0 saturated carbocycles. The average Bonchev–Trinajstić information content (AvgIpc) is 2.38. The Balaban J connectivity index is 2.36. The standard InChI is InChI=1S/C15H18N4S/c1-9-7-13(14(15(16)20)11(3)18-9)19-10(2)12-5-4-6-17-8-12/h4-8,10H,1-3H3,(H2,16,20)(H,18,19). The highest BCUT2D eigenvalue weighted by molar-refractivity contribution is 7.80. The largest absolute Gasteiger partial charge is 0.389 e. The first kappa shape index (κ1) is 14.4. The minimum absolute atomic E-state index is 0.109. The molecule has 1 atom stereocenters. The minimum atomic E-state index is 0.109. The molecule has 0 bridgehead atoms. The van der Waals surface area contributed by atoms with E-state index in [9.17, 15) is 0 Å². The molecule has 104 valence electrons. The monoisotopic (exact) mass is 286 g/mol. The van der Waals surface area contributed by atoms with Gasteiger partial charge in [0.25, 0.3) is 0 Å². The van der Waals surface area contributed by atoms with Gasteiger partial charge in [-0.15, -0.1) is 0 Å². The van der Waals surface area contributed by atoms with Gasteiger partial charge in [-0.25, -0.2) is 0 Å². The van der Waals surface area contributed by atoms with E-state index in [0.29, 0.717) is 4.99 Å². The van der Waals surface area contributed by atoms with E-state index >= 15 is 0 Å². The molecule has 2 aromatic rings. The number of nitrogens with one attached hydrogen (secondary N) is 1. The van der Waals surface area contributed by atoms with Crippen molar-refractivity contribution in [2.75, 3.05) is 5.32 Å². The topological polar surface area (TPSA) is 63.8 Å². The lowest BCUT2D eigenvalue weighted by molar-refractivity contribution is 0.872. The summed E-state index contributed by atoms with van der Waals surface area (Å²) >= 11 is 5.14. The third-order valence-electron chi connectivity index (χ3n) is 3.13. The molecule has 2 aromatic heterocycles. The SMILES string of the molecule is Cc1cc(NC(C)c2cccnc2)c(C(N)=S)c(C)n1. The Morgan fingerprint density at radius 1 is 1.40 bits per heavy atom. The molecule has 5 heteroatoms. The number of anilines is 1. The quantitative estimate of drug-likeness (QED) is 0.846. The molecular formula is C15H18N4S. The number of thiocarbonyl (C=S) groups is 1. The number of nitrogens with two attached hydrogens (primary N) is 1. The van der Waals surface area contributed by atoms with Gasteiger partial charge in [0.1, 0.15) is 4.99 Å². The molecular weight excluding hydrogens is 268 g/mol. The first-order valence-electron chi connectivity index (χ1n) is 6.43. The van der Waals surface area contributed by atoms with Gasteiger partial charge in [0, 0.05) is 29.5 Å². The average molecular weight is 286 g/mol. The van der Waals surface area contributed by atoms with Crippen LogP contribution >= 0.6 is 12.2 Å². The molecule has 0 aliphatic rings. The number of pyridine rings is 2. The van der Waals surface area contributed by atoms with E-state index in [0.717, 1.165) is 28.2 Å². The van der Waals surface area contributed by atoms with Gasteiger partial charge in [0.05, 0.1) is 11.6 Å². The summed E-state index contributed by atoms with van der Waals surface area (Å²) < 4.78 is 0. The van der Waals surface area contributed by atoms with Crippen molar-refractivity contribution in [1.29, 1.82) is 0 Å². The predicted octanol–water partition coefficient (Wildman–Crippen LogP) is 2.90. The van der Waals surface area contributed by atoms with Crippen LogP contribution in [0.5, 0.6) is 0 Å². The summed E-state index contributed by atoms with van der Waals surface area (Å²) in [7, 11) is 0. The van der Waals surface area contributed by atoms with Crippen molar-refractivity contribution in [3.8, 4) is 0 Å². The van der Waals surface area contributed by atoms with E-state index in [1.165, 1.54) is 0 Å². The fourth-order valence-electron chi connectivity index (χ4n) is 2.20. The van der Waals surface area contributed by atoms with Gasteiger partial charge in [0.15, 0.2) is 0 Å².